The number of hydrogen-bond acceptors (Lipinski definition) is 4. The van der Waals surface area contributed by atoms with Crippen LogP contribution in [0.5, 0.6) is 5.75 Å². The van der Waals surface area contributed by atoms with Crippen LogP contribution in [0.1, 0.15) is 5.56 Å². The fraction of sp³-hybridized carbons (Fsp3) is 0.167. The highest BCUT2D eigenvalue weighted by Crippen LogP contribution is 2.10. The predicted molar refractivity (Wildman–Crippen MR) is 65.4 cm³/mol. The Labute approximate surface area is 104 Å². The van der Waals surface area contributed by atoms with Gasteiger partial charge in [0.2, 0.25) is 11.8 Å². The molecule has 0 heterocycles. The number of carbonyl (C=O) groups excluding carboxylic acids is 2. The van der Waals surface area contributed by atoms with E-state index in [1.165, 1.54) is 24.3 Å². The van der Waals surface area contributed by atoms with Crippen molar-refractivity contribution in [3.63, 3.8) is 0 Å². The summed E-state index contributed by atoms with van der Waals surface area (Å²) in [7, 11) is 0. The summed E-state index contributed by atoms with van der Waals surface area (Å²) in [5.74, 6) is -1.21. The van der Waals surface area contributed by atoms with E-state index < -0.39 is 17.9 Å². The Morgan fingerprint density at radius 1 is 1.33 bits per heavy atom. The van der Waals surface area contributed by atoms with Crippen molar-refractivity contribution in [2.75, 3.05) is 6.54 Å². The Balaban J connectivity index is 2.45. The van der Waals surface area contributed by atoms with Gasteiger partial charge in [0.05, 0.1) is 6.54 Å². The van der Waals surface area contributed by atoms with Crippen LogP contribution in [0.3, 0.4) is 0 Å². The maximum absolute atomic E-state index is 11.3. The summed E-state index contributed by atoms with van der Waals surface area (Å²) in [6.45, 7) is -0.228. The lowest BCUT2D eigenvalue weighted by Gasteiger charge is -2.06. The standard InChI is InChI=1S/C12H14N2O4/c13-12(18)10(16)7-14-11(17)6-3-8-1-4-9(15)5-2-8/h1-6,10,15-16H,7H2,(H2,13,18)(H,14,17)/b6-3+. The average molecular weight is 250 g/mol. The Hall–Kier alpha value is -2.34. The topological polar surface area (TPSA) is 113 Å². The summed E-state index contributed by atoms with van der Waals surface area (Å²) < 4.78 is 0. The van der Waals surface area contributed by atoms with E-state index in [9.17, 15) is 9.59 Å². The van der Waals surface area contributed by atoms with Crippen molar-refractivity contribution in [3.05, 3.63) is 35.9 Å². The second kappa shape index (κ2) is 6.41. The zero-order valence-electron chi connectivity index (χ0n) is 9.54. The van der Waals surface area contributed by atoms with Crippen LogP contribution in [0.25, 0.3) is 6.08 Å². The zero-order chi connectivity index (χ0) is 13.5. The highest BCUT2D eigenvalue weighted by Gasteiger charge is 2.10. The Morgan fingerprint density at radius 3 is 2.50 bits per heavy atom. The van der Waals surface area contributed by atoms with Gasteiger partial charge in [0.1, 0.15) is 11.9 Å². The molecule has 5 N–H and O–H groups in total. The van der Waals surface area contributed by atoms with Crippen LogP contribution < -0.4 is 11.1 Å². The number of rotatable bonds is 5. The van der Waals surface area contributed by atoms with Crippen molar-refractivity contribution >= 4 is 17.9 Å². The van der Waals surface area contributed by atoms with Gasteiger partial charge in [-0.15, -0.1) is 0 Å². The first-order valence-electron chi connectivity index (χ1n) is 5.21. The molecule has 0 aliphatic carbocycles. The van der Waals surface area contributed by atoms with Gasteiger partial charge in [0.25, 0.3) is 0 Å². The Bertz CT molecular complexity index is 454. The fourth-order valence-electron chi connectivity index (χ4n) is 1.11. The van der Waals surface area contributed by atoms with E-state index in [-0.39, 0.29) is 12.3 Å². The van der Waals surface area contributed by atoms with Gasteiger partial charge in [-0.2, -0.15) is 0 Å². The molecule has 96 valence electrons. The van der Waals surface area contributed by atoms with Crippen molar-refractivity contribution in [3.8, 4) is 5.75 Å². The van der Waals surface area contributed by atoms with Crippen LogP contribution in [-0.2, 0) is 9.59 Å². The maximum Gasteiger partial charge on any atom is 0.248 e. The molecule has 0 saturated heterocycles. The van der Waals surface area contributed by atoms with Gasteiger partial charge < -0.3 is 21.3 Å². The monoisotopic (exact) mass is 250 g/mol. The Morgan fingerprint density at radius 2 is 1.94 bits per heavy atom. The van der Waals surface area contributed by atoms with Crippen LogP contribution >= 0.6 is 0 Å². The number of aliphatic hydroxyl groups is 1. The second-order valence-electron chi connectivity index (χ2n) is 3.59. The molecule has 0 aromatic heterocycles. The third-order valence-corrected chi connectivity index (χ3v) is 2.12. The van der Waals surface area contributed by atoms with E-state index in [2.05, 4.69) is 5.32 Å². The van der Waals surface area contributed by atoms with Gasteiger partial charge in [-0.25, -0.2) is 0 Å². The number of amides is 2. The molecule has 1 atom stereocenters. The van der Waals surface area contributed by atoms with Crippen LogP contribution in [0.15, 0.2) is 30.3 Å². The molecule has 0 aliphatic rings. The molecule has 1 aromatic carbocycles. The van der Waals surface area contributed by atoms with Crippen LogP contribution in [0.4, 0.5) is 0 Å². The molecule has 6 heteroatoms. The maximum atomic E-state index is 11.3. The number of nitrogens with two attached hydrogens (primary N) is 1. The number of benzene rings is 1. The molecular weight excluding hydrogens is 236 g/mol. The third kappa shape index (κ3) is 4.67. The first kappa shape index (κ1) is 13.7. The molecule has 1 rings (SSSR count). The molecule has 0 bridgehead atoms. The molecule has 1 aromatic rings. The first-order chi connectivity index (χ1) is 8.49. The lowest BCUT2D eigenvalue weighted by Crippen LogP contribution is -2.39. The molecule has 0 spiro atoms. The van der Waals surface area contributed by atoms with Crippen molar-refractivity contribution in [1.29, 1.82) is 0 Å². The highest BCUT2D eigenvalue weighted by molar-refractivity contribution is 5.92. The van der Waals surface area contributed by atoms with Gasteiger partial charge in [-0.3, -0.25) is 9.59 Å². The van der Waals surface area contributed by atoms with Crippen molar-refractivity contribution < 1.29 is 19.8 Å². The van der Waals surface area contributed by atoms with E-state index in [1.54, 1.807) is 12.1 Å². The molecule has 2 amide bonds. The molecule has 0 aliphatic heterocycles. The summed E-state index contributed by atoms with van der Waals surface area (Å²) in [6, 6.07) is 6.26. The zero-order valence-corrected chi connectivity index (χ0v) is 9.54. The van der Waals surface area contributed by atoms with Gasteiger partial charge >= 0.3 is 0 Å². The summed E-state index contributed by atoms with van der Waals surface area (Å²) in [5, 5.41) is 20.4. The van der Waals surface area contributed by atoms with E-state index in [1.807, 2.05) is 0 Å². The van der Waals surface area contributed by atoms with Gasteiger partial charge in [-0.1, -0.05) is 12.1 Å². The lowest BCUT2D eigenvalue weighted by atomic mass is 10.2. The first-order valence-corrected chi connectivity index (χ1v) is 5.21. The van der Waals surface area contributed by atoms with Crippen molar-refractivity contribution in [1.82, 2.24) is 5.32 Å². The van der Waals surface area contributed by atoms with Crippen LogP contribution in [0, 0.1) is 0 Å². The summed E-state index contributed by atoms with van der Waals surface area (Å²) in [5.41, 5.74) is 5.55. The van der Waals surface area contributed by atoms with Gasteiger partial charge in [-0.05, 0) is 23.8 Å². The van der Waals surface area contributed by atoms with Crippen LogP contribution in [-0.4, -0.2) is 34.7 Å². The molecule has 1 unspecified atom stereocenters. The van der Waals surface area contributed by atoms with E-state index in [0.717, 1.165) is 5.56 Å². The predicted octanol–water partition coefficient (Wildman–Crippen LogP) is -0.632. The smallest absolute Gasteiger partial charge is 0.248 e. The summed E-state index contributed by atoms with van der Waals surface area (Å²) >= 11 is 0. The summed E-state index contributed by atoms with van der Waals surface area (Å²) in [6.07, 6.45) is 1.39. The van der Waals surface area contributed by atoms with Crippen molar-refractivity contribution in [2.24, 2.45) is 5.73 Å². The van der Waals surface area contributed by atoms with E-state index >= 15 is 0 Å². The minimum Gasteiger partial charge on any atom is -0.508 e. The minimum absolute atomic E-state index is 0.140. The number of aliphatic hydroxyl groups excluding tert-OH is 1. The fourth-order valence-corrected chi connectivity index (χ4v) is 1.11. The third-order valence-electron chi connectivity index (χ3n) is 2.12. The number of phenolic OH excluding ortho intramolecular Hbond substituents is 1. The van der Waals surface area contributed by atoms with E-state index in [0.29, 0.717) is 0 Å². The SMILES string of the molecule is NC(=O)C(O)CNC(=O)/C=C/c1ccc(O)cc1. The Kier molecular flexibility index (Phi) is 4.89. The van der Waals surface area contributed by atoms with Gasteiger partial charge in [0.15, 0.2) is 0 Å². The highest BCUT2D eigenvalue weighted by atomic mass is 16.3. The van der Waals surface area contributed by atoms with Crippen molar-refractivity contribution in [2.45, 2.75) is 6.10 Å². The second-order valence-corrected chi connectivity index (χ2v) is 3.59. The molecule has 0 saturated carbocycles. The lowest BCUT2D eigenvalue weighted by molar-refractivity contribution is -0.126. The van der Waals surface area contributed by atoms with Gasteiger partial charge in [0, 0.05) is 6.08 Å². The number of hydrogen-bond donors (Lipinski definition) is 4. The number of primary amides is 1. The summed E-state index contributed by atoms with van der Waals surface area (Å²) in [4.78, 5) is 21.8. The average Bonchev–Trinajstić information content (AvgIpc) is 2.35. The number of aromatic hydroxyl groups is 1. The molecule has 18 heavy (non-hydrogen) atoms. The van der Waals surface area contributed by atoms with Crippen LogP contribution in [0.2, 0.25) is 0 Å². The molecule has 0 fully saturated rings. The molecular formula is C12H14N2O4. The number of nitrogens with one attached hydrogen (secondary N) is 1. The quantitative estimate of drug-likeness (QED) is 0.521. The number of carbonyl (C=O) groups is 2. The number of phenols is 1. The normalized spacial score (nSPS) is 12.3. The molecule has 0 radical (unpaired) electrons. The van der Waals surface area contributed by atoms with E-state index in [4.69, 9.17) is 15.9 Å². The molecule has 6 nitrogen and oxygen atoms in total. The minimum atomic E-state index is -1.39. The largest absolute Gasteiger partial charge is 0.508 e.